The Labute approximate surface area is 119 Å². The zero-order valence-electron chi connectivity index (χ0n) is 12.4. The number of amides is 1. The molecule has 2 N–H and O–H groups in total. The van der Waals surface area contributed by atoms with Crippen molar-refractivity contribution in [2.45, 2.75) is 70.1 Å². The Bertz CT molecular complexity index is 464. The molecule has 6 heteroatoms. The topological polar surface area (TPSA) is 73.9 Å². The minimum absolute atomic E-state index is 0.142. The fourth-order valence-corrected chi connectivity index (χ4v) is 3.96. The van der Waals surface area contributed by atoms with Gasteiger partial charge in [-0.25, -0.2) is 4.98 Å². The summed E-state index contributed by atoms with van der Waals surface area (Å²) in [5.41, 5.74) is 0.214. The van der Waals surface area contributed by atoms with Gasteiger partial charge in [0.15, 0.2) is 0 Å². The zero-order valence-corrected chi connectivity index (χ0v) is 12.4. The van der Waals surface area contributed by atoms with Crippen molar-refractivity contribution >= 4 is 5.91 Å². The van der Waals surface area contributed by atoms with Crippen LogP contribution in [-0.2, 0) is 0 Å². The van der Waals surface area contributed by atoms with Crippen LogP contribution >= 0.6 is 0 Å². The standard InChI is InChI=1S/C14H23N5O/c1-14(2,3)19-10-4-5-11(19)7-9(6-10)17-13(20)12-15-8-16-18-12/h8-11H,4-7H2,1-3H3,(H,17,20)(H,15,16,18). The smallest absolute Gasteiger partial charge is 0.288 e. The summed E-state index contributed by atoms with van der Waals surface area (Å²) in [6.45, 7) is 6.85. The van der Waals surface area contributed by atoms with Gasteiger partial charge in [-0.3, -0.25) is 14.8 Å². The molecule has 0 spiro atoms. The van der Waals surface area contributed by atoms with Crippen LogP contribution in [0.3, 0.4) is 0 Å². The number of piperidine rings is 1. The number of aromatic amines is 1. The molecule has 0 aromatic carbocycles. The molecule has 2 fully saturated rings. The highest BCUT2D eigenvalue weighted by Crippen LogP contribution is 2.40. The van der Waals surface area contributed by atoms with Crippen molar-refractivity contribution in [1.82, 2.24) is 25.4 Å². The molecule has 2 aliphatic rings. The van der Waals surface area contributed by atoms with Crippen LogP contribution < -0.4 is 5.32 Å². The van der Waals surface area contributed by atoms with E-state index in [1.807, 2.05) is 0 Å². The molecule has 3 heterocycles. The van der Waals surface area contributed by atoms with Crippen molar-refractivity contribution in [3.8, 4) is 0 Å². The number of rotatable bonds is 2. The summed E-state index contributed by atoms with van der Waals surface area (Å²) in [7, 11) is 0. The van der Waals surface area contributed by atoms with Crippen LogP contribution in [0.5, 0.6) is 0 Å². The quantitative estimate of drug-likeness (QED) is 0.855. The number of carbonyl (C=O) groups excluding carboxylic acids is 1. The van der Waals surface area contributed by atoms with E-state index in [0.717, 1.165) is 12.8 Å². The summed E-state index contributed by atoms with van der Waals surface area (Å²) >= 11 is 0. The first kappa shape index (κ1) is 13.5. The van der Waals surface area contributed by atoms with Crippen LogP contribution in [0.15, 0.2) is 6.33 Å². The minimum Gasteiger partial charge on any atom is -0.346 e. The van der Waals surface area contributed by atoms with Crippen molar-refractivity contribution in [1.29, 1.82) is 0 Å². The molecule has 1 amide bonds. The lowest BCUT2D eigenvalue weighted by atomic mass is 9.91. The second kappa shape index (κ2) is 4.84. The van der Waals surface area contributed by atoms with E-state index in [9.17, 15) is 4.79 Å². The van der Waals surface area contributed by atoms with Gasteiger partial charge in [0.05, 0.1) is 0 Å². The maximum atomic E-state index is 12.0. The van der Waals surface area contributed by atoms with Gasteiger partial charge in [-0.05, 0) is 46.5 Å². The Morgan fingerprint density at radius 3 is 2.50 bits per heavy atom. The van der Waals surface area contributed by atoms with Gasteiger partial charge in [-0.15, -0.1) is 0 Å². The van der Waals surface area contributed by atoms with Crippen molar-refractivity contribution in [3.05, 3.63) is 12.2 Å². The summed E-state index contributed by atoms with van der Waals surface area (Å²) in [5.74, 6) is 0.159. The zero-order chi connectivity index (χ0) is 14.3. The maximum Gasteiger partial charge on any atom is 0.288 e. The highest BCUT2D eigenvalue weighted by Gasteiger charge is 2.45. The SMILES string of the molecule is CC(C)(C)N1C2CCC1CC(NC(=O)c1ncn[nH]1)C2. The molecule has 2 atom stereocenters. The molecular formula is C14H23N5O. The van der Waals surface area contributed by atoms with Crippen LogP contribution in [0.4, 0.5) is 0 Å². The molecule has 0 saturated carbocycles. The molecule has 2 unspecified atom stereocenters. The molecule has 110 valence electrons. The molecule has 2 aliphatic heterocycles. The van der Waals surface area contributed by atoms with Gasteiger partial charge in [-0.2, -0.15) is 5.10 Å². The highest BCUT2D eigenvalue weighted by molar-refractivity contribution is 5.90. The molecule has 0 aliphatic carbocycles. The van der Waals surface area contributed by atoms with Gasteiger partial charge >= 0.3 is 0 Å². The second-order valence-electron chi connectivity index (χ2n) is 6.94. The molecule has 2 bridgehead atoms. The average Bonchev–Trinajstić information content (AvgIpc) is 2.96. The van der Waals surface area contributed by atoms with E-state index < -0.39 is 0 Å². The fraction of sp³-hybridized carbons (Fsp3) is 0.786. The summed E-state index contributed by atoms with van der Waals surface area (Å²) < 4.78 is 0. The largest absolute Gasteiger partial charge is 0.346 e. The summed E-state index contributed by atoms with van der Waals surface area (Å²) in [6.07, 6.45) is 5.93. The van der Waals surface area contributed by atoms with E-state index in [1.165, 1.54) is 19.2 Å². The van der Waals surface area contributed by atoms with Gasteiger partial charge in [0.25, 0.3) is 5.91 Å². The van der Waals surface area contributed by atoms with Crippen LogP contribution in [0.25, 0.3) is 0 Å². The maximum absolute atomic E-state index is 12.0. The third kappa shape index (κ3) is 2.44. The van der Waals surface area contributed by atoms with Gasteiger partial charge in [-0.1, -0.05) is 0 Å². The first-order valence-corrected chi connectivity index (χ1v) is 7.40. The summed E-state index contributed by atoms with van der Waals surface area (Å²) in [6, 6.07) is 1.44. The van der Waals surface area contributed by atoms with Gasteiger partial charge in [0, 0.05) is 23.7 Å². The number of nitrogens with one attached hydrogen (secondary N) is 2. The monoisotopic (exact) mass is 277 g/mol. The van der Waals surface area contributed by atoms with E-state index in [2.05, 4.69) is 46.2 Å². The average molecular weight is 277 g/mol. The van der Waals surface area contributed by atoms with Gasteiger partial charge < -0.3 is 5.32 Å². The summed E-state index contributed by atoms with van der Waals surface area (Å²) in [5, 5.41) is 9.43. The van der Waals surface area contributed by atoms with E-state index >= 15 is 0 Å². The third-order valence-corrected chi connectivity index (χ3v) is 4.47. The lowest BCUT2D eigenvalue weighted by Crippen LogP contribution is -2.56. The molecule has 2 saturated heterocycles. The van der Waals surface area contributed by atoms with Crippen molar-refractivity contribution in [3.63, 3.8) is 0 Å². The van der Waals surface area contributed by atoms with E-state index in [1.54, 1.807) is 0 Å². The van der Waals surface area contributed by atoms with Gasteiger partial charge in [0.2, 0.25) is 5.82 Å². The second-order valence-corrected chi connectivity index (χ2v) is 6.94. The Kier molecular flexibility index (Phi) is 3.28. The van der Waals surface area contributed by atoms with Crippen LogP contribution in [-0.4, -0.2) is 49.7 Å². The molecular weight excluding hydrogens is 254 g/mol. The Balaban J connectivity index is 1.64. The lowest BCUT2D eigenvalue weighted by molar-refractivity contribution is 0.0307. The predicted molar refractivity (Wildman–Crippen MR) is 75.3 cm³/mol. The fourth-order valence-electron chi connectivity index (χ4n) is 3.96. The predicted octanol–water partition coefficient (Wildman–Crippen LogP) is 1.33. The lowest BCUT2D eigenvalue weighted by Gasteiger charge is -2.46. The molecule has 1 aromatic heterocycles. The van der Waals surface area contributed by atoms with E-state index in [4.69, 9.17) is 0 Å². The third-order valence-electron chi connectivity index (χ3n) is 4.47. The highest BCUT2D eigenvalue weighted by atomic mass is 16.2. The number of H-pyrrole nitrogens is 1. The van der Waals surface area contributed by atoms with Crippen molar-refractivity contribution in [2.24, 2.45) is 0 Å². The van der Waals surface area contributed by atoms with Crippen molar-refractivity contribution in [2.75, 3.05) is 0 Å². The molecule has 1 aromatic rings. The number of carbonyl (C=O) groups is 1. The summed E-state index contributed by atoms with van der Waals surface area (Å²) in [4.78, 5) is 18.6. The molecule has 0 radical (unpaired) electrons. The molecule has 20 heavy (non-hydrogen) atoms. The van der Waals surface area contributed by atoms with Crippen LogP contribution in [0, 0.1) is 0 Å². The number of hydrogen-bond donors (Lipinski definition) is 2. The number of fused-ring (bicyclic) bond motifs is 2. The Hall–Kier alpha value is -1.43. The van der Waals surface area contributed by atoms with Crippen LogP contribution in [0.1, 0.15) is 57.1 Å². The molecule has 3 rings (SSSR count). The van der Waals surface area contributed by atoms with Crippen molar-refractivity contribution < 1.29 is 4.79 Å². The first-order valence-electron chi connectivity index (χ1n) is 7.40. The Morgan fingerprint density at radius 1 is 1.35 bits per heavy atom. The minimum atomic E-state index is -0.142. The molecule has 6 nitrogen and oxygen atoms in total. The van der Waals surface area contributed by atoms with E-state index in [0.29, 0.717) is 17.9 Å². The number of hydrogen-bond acceptors (Lipinski definition) is 4. The van der Waals surface area contributed by atoms with E-state index in [-0.39, 0.29) is 17.5 Å². The number of aromatic nitrogens is 3. The normalized spacial score (nSPS) is 30.4. The number of nitrogens with zero attached hydrogens (tertiary/aromatic N) is 3. The van der Waals surface area contributed by atoms with Crippen LogP contribution in [0.2, 0.25) is 0 Å². The first-order chi connectivity index (χ1) is 9.45. The Morgan fingerprint density at radius 2 is 2.00 bits per heavy atom. The van der Waals surface area contributed by atoms with Gasteiger partial charge in [0.1, 0.15) is 6.33 Å².